The molecule has 0 aliphatic carbocycles. The molecule has 0 saturated heterocycles. The van der Waals surface area contributed by atoms with Crippen LogP contribution < -0.4 is 38.5 Å². The van der Waals surface area contributed by atoms with Gasteiger partial charge >= 0.3 is 17.9 Å². The van der Waals surface area contributed by atoms with E-state index in [-0.39, 0.29) is 18.9 Å². The van der Waals surface area contributed by atoms with Crippen LogP contribution in [0.5, 0.6) is 0 Å². The molecule has 0 fully saturated rings. The molecule has 0 bridgehead atoms. The second-order valence-electron chi connectivity index (χ2n) is 8.07. The van der Waals surface area contributed by atoms with Crippen molar-refractivity contribution in [3.8, 4) is 0 Å². The van der Waals surface area contributed by atoms with Crippen LogP contribution in [0.3, 0.4) is 0 Å². The molecule has 0 aliphatic heterocycles. The van der Waals surface area contributed by atoms with Crippen LogP contribution >= 0.6 is 0 Å². The van der Waals surface area contributed by atoms with Crippen molar-refractivity contribution in [1.29, 1.82) is 0 Å². The van der Waals surface area contributed by atoms with E-state index in [1.54, 1.807) is 0 Å². The number of carboxylic acids is 3. The fourth-order valence-corrected chi connectivity index (χ4v) is 2.84. The number of carbonyl (C=O) groups is 7. The Morgan fingerprint density at radius 3 is 1.90 bits per heavy atom. The number of carbonyl (C=O) groups excluding carboxylic acids is 4. The van der Waals surface area contributed by atoms with Crippen molar-refractivity contribution >= 4 is 47.5 Å². The Balaban J connectivity index is 5.35. The van der Waals surface area contributed by atoms with Crippen LogP contribution in [0.2, 0.25) is 0 Å². The lowest BCUT2D eigenvalue weighted by Crippen LogP contribution is -2.57. The van der Waals surface area contributed by atoms with Crippen molar-refractivity contribution in [2.75, 3.05) is 19.7 Å². The number of nitrogens with two attached hydrogens (primary N) is 3. The zero-order valence-corrected chi connectivity index (χ0v) is 20.8. The Morgan fingerprint density at radius 1 is 0.769 bits per heavy atom. The van der Waals surface area contributed by atoms with Gasteiger partial charge in [-0.2, -0.15) is 0 Å². The fourth-order valence-electron chi connectivity index (χ4n) is 2.84. The molecule has 0 rings (SSSR count). The molecular formula is C20H34N8O11. The molecule has 0 aromatic carbocycles. The number of aliphatic hydroxyl groups excluding tert-OH is 1. The van der Waals surface area contributed by atoms with Crippen molar-refractivity contribution in [3.63, 3.8) is 0 Å². The number of nitrogens with zero attached hydrogens (tertiary/aromatic N) is 1. The van der Waals surface area contributed by atoms with Gasteiger partial charge < -0.3 is 58.9 Å². The Kier molecular flexibility index (Phi) is 15.8. The number of guanidine groups is 1. The average molecular weight is 563 g/mol. The molecule has 19 heteroatoms. The van der Waals surface area contributed by atoms with Gasteiger partial charge in [-0.15, -0.1) is 0 Å². The largest absolute Gasteiger partial charge is 0.481 e. The molecule has 4 amide bonds. The summed E-state index contributed by atoms with van der Waals surface area (Å²) in [5.41, 5.74) is 16.2. The van der Waals surface area contributed by atoms with Crippen LogP contribution in [0.1, 0.15) is 32.1 Å². The number of carboxylic acid groups (broad SMARTS) is 3. The molecule has 0 saturated carbocycles. The maximum absolute atomic E-state index is 12.8. The van der Waals surface area contributed by atoms with Crippen molar-refractivity contribution < 1.29 is 54.0 Å². The zero-order chi connectivity index (χ0) is 30.1. The molecule has 0 aromatic heterocycles. The van der Waals surface area contributed by atoms with Crippen LogP contribution in [0.25, 0.3) is 0 Å². The van der Waals surface area contributed by atoms with Gasteiger partial charge in [-0.1, -0.05) is 0 Å². The number of aliphatic hydroxyl groups is 1. The molecule has 0 aromatic rings. The van der Waals surface area contributed by atoms with Gasteiger partial charge in [0.15, 0.2) is 5.96 Å². The molecule has 39 heavy (non-hydrogen) atoms. The summed E-state index contributed by atoms with van der Waals surface area (Å²) in [6, 6.07) is -6.08. The first-order valence-electron chi connectivity index (χ1n) is 11.4. The normalized spacial score (nSPS) is 13.5. The van der Waals surface area contributed by atoms with Gasteiger partial charge in [-0.05, 0) is 19.3 Å². The van der Waals surface area contributed by atoms with Gasteiger partial charge in [-0.25, -0.2) is 4.79 Å². The first-order valence-corrected chi connectivity index (χ1v) is 11.4. The third-order valence-electron chi connectivity index (χ3n) is 4.84. The highest BCUT2D eigenvalue weighted by molar-refractivity contribution is 5.96. The van der Waals surface area contributed by atoms with Gasteiger partial charge in [0.05, 0.1) is 25.6 Å². The molecule has 19 nitrogen and oxygen atoms in total. The first-order chi connectivity index (χ1) is 18.2. The molecule has 0 heterocycles. The number of aliphatic carboxylic acids is 3. The summed E-state index contributed by atoms with van der Waals surface area (Å²) < 4.78 is 0. The predicted molar refractivity (Wildman–Crippen MR) is 131 cm³/mol. The van der Waals surface area contributed by atoms with E-state index in [1.165, 1.54) is 0 Å². The van der Waals surface area contributed by atoms with Crippen molar-refractivity contribution in [2.24, 2.45) is 22.2 Å². The summed E-state index contributed by atoms with van der Waals surface area (Å²) in [7, 11) is 0. The zero-order valence-electron chi connectivity index (χ0n) is 20.8. The van der Waals surface area contributed by atoms with Crippen LogP contribution in [0.15, 0.2) is 4.99 Å². The minimum Gasteiger partial charge on any atom is -0.481 e. The summed E-state index contributed by atoms with van der Waals surface area (Å²) in [5, 5.41) is 44.1. The van der Waals surface area contributed by atoms with E-state index < -0.39 is 98.1 Å². The number of rotatable bonds is 19. The number of nitrogens with one attached hydrogen (secondary N) is 4. The predicted octanol–water partition coefficient (Wildman–Crippen LogP) is -5.65. The van der Waals surface area contributed by atoms with Gasteiger partial charge in [0, 0.05) is 13.0 Å². The Hall–Kier alpha value is -4.52. The number of hydrogen-bond donors (Lipinski definition) is 11. The minimum absolute atomic E-state index is 0.0982. The van der Waals surface area contributed by atoms with Crippen LogP contribution in [0, 0.1) is 0 Å². The van der Waals surface area contributed by atoms with Crippen molar-refractivity contribution in [1.82, 2.24) is 21.3 Å². The molecule has 0 aliphatic rings. The van der Waals surface area contributed by atoms with Gasteiger partial charge in [-0.3, -0.25) is 33.8 Å². The smallest absolute Gasteiger partial charge is 0.328 e. The Labute approximate surface area is 221 Å². The number of amides is 4. The topological polar surface area (TPSA) is 339 Å². The first kappa shape index (κ1) is 34.5. The standard InChI is InChI=1S/C20H34N8O11/c21-9(2-1-5-24-20(22)23)16(35)27-10(3-4-14(31)32)18(37)28-11(6-15(33)34)17(36)25-7-13(30)26-12(8-29)19(38)39/h9-12,29H,1-8,21H2,(H,25,36)(H,26,30)(H,27,35)(H,28,37)(H,31,32)(H,33,34)(H,38,39)(H4,22,23,24)/t9-,10-,11-,12-/m0/s1. The highest BCUT2D eigenvalue weighted by Crippen LogP contribution is 2.04. The third kappa shape index (κ3) is 15.4. The summed E-state index contributed by atoms with van der Waals surface area (Å²) in [5.74, 6) is -8.67. The second-order valence-corrected chi connectivity index (χ2v) is 8.07. The molecule has 220 valence electrons. The fraction of sp³-hybridized carbons (Fsp3) is 0.600. The van der Waals surface area contributed by atoms with Crippen LogP contribution in [-0.4, -0.2) is 112 Å². The van der Waals surface area contributed by atoms with Gasteiger partial charge in [0.25, 0.3) is 0 Å². The van der Waals surface area contributed by atoms with E-state index >= 15 is 0 Å². The Bertz CT molecular complexity index is 939. The van der Waals surface area contributed by atoms with Gasteiger partial charge in [0.1, 0.15) is 18.1 Å². The summed E-state index contributed by atoms with van der Waals surface area (Å²) in [4.78, 5) is 86.3. The minimum atomic E-state index is -1.77. The Morgan fingerprint density at radius 2 is 1.38 bits per heavy atom. The summed E-state index contributed by atoms with van der Waals surface area (Å²) in [6.45, 7) is -1.59. The van der Waals surface area contributed by atoms with E-state index in [1.807, 2.05) is 10.6 Å². The molecule has 14 N–H and O–H groups in total. The van der Waals surface area contributed by atoms with Crippen LogP contribution in [-0.2, 0) is 33.6 Å². The number of aliphatic imine (C=N–C) groups is 1. The number of hydrogen-bond acceptors (Lipinski definition) is 10. The summed E-state index contributed by atoms with van der Waals surface area (Å²) in [6.07, 6.45) is -1.57. The third-order valence-corrected chi connectivity index (χ3v) is 4.84. The van der Waals surface area contributed by atoms with Crippen molar-refractivity contribution in [3.05, 3.63) is 0 Å². The lowest BCUT2D eigenvalue weighted by atomic mass is 10.1. The van der Waals surface area contributed by atoms with Crippen molar-refractivity contribution in [2.45, 2.75) is 56.3 Å². The quantitative estimate of drug-likeness (QED) is 0.0397. The van der Waals surface area contributed by atoms with Gasteiger partial charge in [0.2, 0.25) is 23.6 Å². The lowest BCUT2D eigenvalue weighted by molar-refractivity contribution is -0.143. The van der Waals surface area contributed by atoms with E-state index in [0.717, 1.165) is 0 Å². The average Bonchev–Trinajstić information content (AvgIpc) is 2.84. The maximum atomic E-state index is 12.8. The molecule has 4 atom stereocenters. The SMILES string of the molecule is NC(N)=NCCC[C@H](N)C(=O)N[C@@H](CCC(=O)O)C(=O)N[C@@H](CC(=O)O)C(=O)NCC(=O)N[C@@H](CO)C(=O)O. The molecular weight excluding hydrogens is 528 g/mol. The molecule has 0 spiro atoms. The highest BCUT2D eigenvalue weighted by atomic mass is 16.4. The van der Waals surface area contributed by atoms with E-state index in [0.29, 0.717) is 6.42 Å². The lowest BCUT2D eigenvalue weighted by Gasteiger charge is -2.23. The monoisotopic (exact) mass is 562 g/mol. The second kappa shape index (κ2) is 17.9. The maximum Gasteiger partial charge on any atom is 0.328 e. The van der Waals surface area contributed by atoms with E-state index in [4.69, 9.17) is 37.6 Å². The van der Waals surface area contributed by atoms with Crippen LogP contribution in [0.4, 0.5) is 0 Å². The highest BCUT2D eigenvalue weighted by Gasteiger charge is 2.30. The summed E-state index contributed by atoms with van der Waals surface area (Å²) >= 11 is 0. The van der Waals surface area contributed by atoms with E-state index in [2.05, 4.69) is 15.6 Å². The molecule has 0 unspecified atom stereocenters. The molecule has 0 radical (unpaired) electrons. The van der Waals surface area contributed by atoms with E-state index in [9.17, 15) is 33.6 Å².